The molecule has 0 aliphatic heterocycles. The first-order valence-corrected chi connectivity index (χ1v) is 11.3. The lowest BCUT2D eigenvalue weighted by Gasteiger charge is -2.16. The van der Waals surface area contributed by atoms with E-state index in [9.17, 15) is 0 Å². The van der Waals surface area contributed by atoms with Crippen molar-refractivity contribution < 1.29 is 9.47 Å². The van der Waals surface area contributed by atoms with E-state index in [-0.39, 0.29) is 6.10 Å². The molecule has 0 N–H and O–H groups in total. The maximum Gasteiger partial charge on any atom is 0.258 e. The van der Waals surface area contributed by atoms with Crippen LogP contribution in [0.2, 0.25) is 0 Å². The van der Waals surface area contributed by atoms with Gasteiger partial charge in [0.25, 0.3) is 5.88 Å². The van der Waals surface area contributed by atoms with Crippen LogP contribution >= 0.6 is 11.3 Å². The van der Waals surface area contributed by atoms with Crippen LogP contribution in [0.25, 0.3) is 33.5 Å². The van der Waals surface area contributed by atoms with E-state index in [4.69, 9.17) is 14.5 Å². The second kappa shape index (κ2) is 8.59. The van der Waals surface area contributed by atoms with Gasteiger partial charge in [0, 0.05) is 35.3 Å². The molecule has 0 amide bonds. The van der Waals surface area contributed by atoms with Crippen LogP contribution in [0, 0.1) is 6.92 Å². The van der Waals surface area contributed by atoms with Crippen molar-refractivity contribution in [3.63, 3.8) is 0 Å². The van der Waals surface area contributed by atoms with Crippen molar-refractivity contribution in [2.24, 2.45) is 7.05 Å². The summed E-state index contributed by atoms with van der Waals surface area (Å²) in [5.41, 5.74) is 7.33. The van der Waals surface area contributed by atoms with Crippen LogP contribution in [0.15, 0.2) is 54.4 Å². The van der Waals surface area contributed by atoms with Crippen LogP contribution in [0.4, 0.5) is 0 Å². The van der Waals surface area contributed by atoms with E-state index in [0.717, 1.165) is 27.4 Å². The molecule has 9 heteroatoms. The Morgan fingerprint density at radius 2 is 1.88 bits per heavy atom. The average molecular weight is 459 g/mol. The standard InChI is InChI=1S/C24H22N6O2S/c1-14(20-15(2)33-13-27-20)32-24-19(31-4)10-18-23(28-24)22(26-12-25-18)17-11-30(3)29-21(17)16-8-6-5-7-9-16/h5-14H,1-4H3/t14-/m0/s1. The number of nitrogens with zero attached hydrogens (tertiary/aromatic N) is 6. The molecular weight excluding hydrogens is 436 g/mol. The minimum absolute atomic E-state index is 0.290. The van der Waals surface area contributed by atoms with Crippen molar-refractivity contribution in [1.82, 2.24) is 29.7 Å². The van der Waals surface area contributed by atoms with E-state index in [2.05, 4.69) is 20.1 Å². The smallest absolute Gasteiger partial charge is 0.258 e. The predicted octanol–water partition coefficient (Wildman–Crippen LogP) is 5.01. The van der Waals surface area contributed by atoms with E-state index < -0.39 is 0 Å². The Kier molecular flexibility index (Phi) is 5.47. The first-order valence-electron chi connectivity index (χ1n) is 10.4. The number of fused-ring (bicyclic) bond motifs is 1. The molecule has 0 fully saturated rings. The number of hydrogen-bond acceptors (Lipinski definition) is 8. The minimum Gasteiger partial charge on any atom is -0.491 e. The molecule has 4 aromatic heterocycles. The van der Waals surface area contributed by atoms with Crippen LogP contribution in [-0.4, -0.2) is 36.8 Å². The summed E-state index contributed by atoms with van der Waals surface area (Å²) >= 11 is 1.59. The number of pyridine rings is 1. The molecule has 0 aliphatic rings. The van der Waals surface area contributed by atoms with Crippen molar-refractivity contribution in [2.45, 2.75) is 20.0 Å². The summed E-state index contributed by atoms with van der Waals surface area (Å²) in [5, 5.41) is 4.68. The number of methoxy groups -OCH3 is 1. The molecule has 1 aromatic carbocycles. The summed E-state index contributed by atoms with van der Waals surface area (Å²) in [4.78, 5) is 19.4. The van der Waals surface area contributed by atoms with Crippen molar-refractivity contribution in [3.8, 4) is 34.1 Å². The largest absolute Gasteiger partial charge is 0.491 e. The Balaban J connectivity index is 1.65. The first-order chi connectivity index (χ1) is 16.0. The van der Waals surface area contributed by atoms with Gasteiger partial charge in [-0.15, -0.1) is 11.3 Å². The van der Waals surface area contributed by atoms with Crippen molar-refractivity contribution in [1.29, 1.82) is 0 Å². The van der Waals surface area contributed by atoms with Crippen molar-refractivity contribution in [3.05, 3.63) is 65.0 Å². The van der Waals surface area contributed by atoms with Crippen LogP contribution in [-0.2, 0) is 7.05 Å². The molecule has 0 radical (unpaired) electrons. The van der Waals surface area contributed by atoms with E-state index in [0.29, 0.717) is 28.4 Å². The monoisotopic (exact) mass is 458 g/mol. The van der Waals surface area contributed by atoms with Gasteiger partial charge in [-0.05, 0) is 13.8 Å². The number of aromatic nitrogens is 6. The Hall–Kier alpha value is -3.85. The molecule has 8 nitrogen and oxygen atoms in total. The number of benzene rings is 1. The number of ether oxygens (including phenoxy) is 2. The second-order valence-corrected chi connectivity index (χ2v) is 8.63. The van der Waals surface area contributed by atoms with Gasteiger partial charge in [-0.1, -0.05) is 30.3 Å². The summed E-state index contributed by atoms with van der Waals surface area (Å²) < 4.78 is 13.6. The molecule has 0 bridgehead atoms. The van der Waals surface area contributed by atoms with Gasteiger partial charge in [-0.2, -0.15) is 5.10 Å². The van der Waals surface area contributed by atoms with Gasteiger partial charge in [-0.3, -0.25) is 4.68 Å². The highest BCUT2D eigenvalue weighted by atomic mass is 32.1. The summed E-state index contributed by atoms with van der Waals surface area (Å²) in [5.74, 6) is 0.868. The number of rotatable bonds is 6. The molecule has 166 valence electrons. The maximum atomic E-state index is 6.21. The van der Waals surface area contributed by atoms with Crippen LogP contribution in [0.5, 0.6) is 11.6 Å². The fourth-order valence-corrected chi connectivity index (χ4v) is 4.44. The molecule has 0 saturated heterocycles. The Bertz CT molecular complexity index is 1430. The number of thiazole rings is 1. The highest BCUT2D eigenvalue weighted by molar-refractivity contribution is 7.09. The highest BCUT2D eigenvalue weighted by Crippen LogP contribution is 2.37. The first kappa shape index (κ1) is 21.0. The molecule has 5 rings (SSSR count). The van der Waals surface area contributed by atoms with Crippen LogP contribution < -0.4 is 9.47 Å². The van der Waals surface area contributed by atoms with Gasteiger partial charge in [0.1, 0.15) is 29.3 Å². The normalized spacial score (nSPS) is 12.1. The zero-order valence-corrected chi connectivity index (χ0v) is 19.5. The molecule has 0 unspecified atom stereocenters. The van der Waals surface area contributed by atoms with Gasteiger partial charge in [-0.25, -0.2) is 19.9 Å². The van der Waals surface area contributed by atoms with Gasteiger partial charge < -0.3 is 9.47 Å². The van der Waals surface area contributed by atoms with Crippen molar-refractivity contribution >= 4 is 22.4 Å². The molecule has 1 atom stereocenters. The lowest BCUT2D eigenvalue weighted by molar-refractivity contribution is 0.203. The summed E-state index contributed by atoms with van der Waals surface area (Å²) in [7, 11) is 3.48. The van der Waals surface area contributed by atoms with E-state index in [1.165, 1.54) is 6.33 Å². The van der Waals surface area contributed by atoms with Crippen LogP contribution in [0.3, 0.4) is 0 Å². The lowest BCUT2D eigenvalue weighted by Crippen LogP contribution is -2.08. The predicted molar refractivity (Wildman–Crippen MR) is 127 cm³/mol. The number of hydrogen-bond donors (Lipinski definition) is 0. The Morgan fingerprint density at radius 3 is 2.61 bits per heavy atom. The van der Waals surface area contributed by atoms with E-state index in [1.54, 1.807) is 23.1 Å². The molecular formula is C24H22N6O2S. The van der Waals surface area contributed by atoms with E-state index in [1.807, 2.05) is 69.0 Å². The molecule has 0 spiro atoms. The fraction of sp³-hybridized carbons (Fsp3) is 0.208. The van der Waals surface area contributed by atoms with Gasteiger partial charge in [0.05, 0.1) is 23.8 Å². The third-order valence-corrected chi connectivity index (χ3v) is 6.12. The minimum atomic E-state index is -0.290. The zero-order chi connectivity index (χ0) is 22.9. The molecule has 0 aliphatic carbocycles. The lowest BCUT2D eigenvalue weighted by atomic mass is 10.0. The number of aryl methyl sites for hydroxylation is 2. The molecule has 33 heavy (non-hydrogen) atoms. The molecule has 0 saturated carbocycles. The average Bonchev–Trinajstić information content (AvgIpc) is 3.44. The highest BCUT2D eigenvalue weighted by Gasteiger charge is 2.21. The molecule has 5 aromatic rings. The van der Waals surface area contributed by atoms with Crippen molar-refractivity contribution in [2.75, 3.05) is 7.11 Å². The topological polar surface area (TPSA) is 87.8 Å². The van der Waals surface area contributed by atoms with Gasteiger partial charge >= 0.3 is 0 Å². The quantitative estimate of drug-likeness (QED) is 0.354. The summed E-state index contributed by atoms with van der Waals surface area (Å²) in [6.07, 6.45) is 3.18. The maximum absolute atomic E-state index is 6.21. The summed E-state index contributed by atoms with van der Waals surface area (Å²) in [6.45, 7) is 3.97. The molecule has 4 heterocycles. The second-order valence-electron chi connectivity index (χ2n) is 7.57. The Labute approximate surface area is 194 Å². The SMILES string of the molecule is COc1cc2ncnc(-c3cn(C)nc3-c3ccccc3)c2nc1O[C@@H](C)c1ncsc1C. The third kappa shape index (κ3) is 3.91. The van der Waals surface area contributed by atoms with Gasteiger partial charge in [0.2, 0.25) is 0 Å². The Morgan fingerprint density at radius 1 is 1.06 bits per heavy atom. The zero-order valence-electron chi connectivity index (χ0n) is 18.7. The van der Waals surface area contributed by atoms with Gasteiger partial charge in [0.15, 0.2) is 5.75 Å². The van der Waals surface area contributed by atoms with E-state index >= 15 is 0 Å². The summed E-state index contributed by atoms with van der Waals surface area (Å²) in [6, 6.07) is 11.8. The van der Waals surface area contributed by atoms with Crippen LogP contribution in [0.1, 0.15) is 23.6 Å². The fourth-order valence-electron chi connectivity index (χ4n) is 3.78. The third-order valence-electron chi connectivity index (χ3n) is 5.35.